The molecular formula is C35H50O6Si. The third-order valence-electron chi connectivity index (χ3n) is 8.34. The zero-order valence-corrected chi connectivity index (χ0v) is 28.0. The monoisotopic (exact) mass is 594 g/mol. The van der Waals surface area contributed by atoms with Crippen LogP contribution in [0.4, 0.5) is 0 Å². The highest BCUT2D eigenvalue weighted by Crippen LogP contribution is 2.44. The Bertz CT molecular complexity index is 1250. The van der Waals surface area contributed by atoms with Gasteiger partial charge in [-0.25, -0.2) is 0 Å². The van der Waals surface area contributed by atoms with E-state index < -0.39 is 8.32 Å². The lowest BCUT2D eigenvalue weighted by atomic mass is 9.91. The van der Waals surface area contributed by atoms with Gasteiger partial charge in [0.2, 0.25) is 0 Å². The Balaban J connectivity index is 2.12. The summed E-state index contributed by atoms with van der Waals surface area (Å²) >= 11 is 0. The van der Waals surface area contributed by atoms with Crippen molar-refractivity contribution >= 4 is 8.32 Å². The second-order valence-electron chi connectivity index (χ2n) is 11.7. The van der Waals surface area contributed by atoms with Crippen LogP contribution in [-0.2, 0) is 23.9 Å². The van der Waals surface area contributed by atoms with Crippen LogP contribution in [0.15, 0.2) is 54.6 Å². The molecule has 0 aliphatic rings. The molecule has 0 amide bonds. The van der Waals surface area contributed by atoms with Crippen LogP contribution in [0.5, 0.6) is 23.0 Å². The highest BCUT2D eigenvalue weighted by atomic mass is 28.4. The predicted molar refractivity (Wildman–Crippen MR) is 174 cm³/mol. The molecule has 0 bridgehead atoms. The molecule has 0 aliphatic heterocycles. The van der Waals surface area contributed by atoms with Crippen molar-refractivity contribution in [1.82, 2.24) is 0 Å². The molecule has 0 aromatic heterocycles. The highest BCUT2D eigenvalue weighted by Gasteiger charge is 2.44. The first kappa shape index (κ1) is 33.5. The van der Waals surface area contributed by atoms with Gasteiger partial charge in [0.15, 0.2) is 31.3 Å². The van der Waals surface area contributed by atoms with E-state index in [1.54, 1.807) is 21.3 Å². The Hall–Kier alpha value is -3.00. The molecule has 0 spiro atoms. The Labute approximate surface area is 254 Å². The van der Waals surface area contributed by atoms with Crippen LogP contribution in [0.3, 0.4) is 0 Å². The van der Waals surface area contributed by atoms with Crippen molar-refractivity contribution in [1.29, 1.82) is 0 Å². The molecule has 3 aromatic rings. The van der Waals surface area contributed by atoms with Crippen LogP contribution in [0.2, 0.25) is 16.6 Å². The van der Waals surface area contributed by atoms with Crippen LogP contribution in [0, 0.1) is 0 Å². The molecular weight excluding hydrogens is 544 g/mol. The first-order valence-corrected chi connectivity index (χ1v) is 17.1. The van der Waals surface area contributed by atoms with E-state index in [2.05, 4.69) is 47.6 Å². The number of ether oxygens (including phenoxy) is 4. The van der Waals surface area contributed by atoms with Crippen molar-refractivity contribution in [2.24, 2.45) is 0 Å². The topological polar surface area (TPSA) is 66.4 Å². The molecule has 0 saturated heterocycles. The van der Waals surface area contributed by atoms with Gasteiger partial charge in [-0.1, -0.05) is 71.9 Å². The molecule has 1 N–H and O–H groups in total. The fourth-order valence-corrected chi connectivity index (χ4v) is 11.9. The minimum atomic E-state index is -2.05. The standard InChI is InChI=1S/C35H50O6Si/c1-24(2)42(25(3)4,26(5)6)41-18-16-29-20-35(40-23-27-13-11-10-12-14-27)34(39-9)22-31(29)30-21-33(38-8)32(37-7)19-28(30)15-17-36/h10-14,19-22,24-26,36H,15-18,23H2,1-9H3. The van der Waals surface area contributed by atoms with Crippen molar-refractivity contribution in [3.8, 4) is 34.1 Å². The Morgan fingerprint density at radius 3 is 1.62 bits per heavy atom. The van der Waals surface area contributed by atoms with Crippen LogP contribution in [0.25, 0.3) is 11.1 Å². The zero-order chi connectivity index (χ0) is 30.9. The van der Waals surface area contributed by atoms with Crippen LogP contribution in [-0.4, -0.2) is 48.0 Å². The number of aliphatic hydroxyl groups is 1. The minimum Gasteiger partial charge on any atom is -0.493 e. The lowest BCUT2D eigenvalue weighted by molar-refractivity contribution is 0.277. The summed E-state index contributed by atoms with van der Waals surface area (Å²) in [5, 5.41) is 9.93. The molecule has 3 aromatic carbocycles. The number of hydrogen-bond acceptors (Lipinski definition) is 6. The van der Waals surface area contributed by atoms with Crippen LogP contribution < -0.4 is 18.9 Å². The molecule has 7 heteroatoms. The number of hydrogen-bond donors (Lipinski definition) is 1. The average molecular weight is 595 g/mol. The van der Waals surface area contributed by atoms with Gasteiger partial charge in [0.25, 0.3) is 0 Å². The molecule has 0 fully saturated rings. The van der Waals surface area contributed by atoms with E-state index in [-0.39, 0.29) is 6.61 Å². The third kappa shape index (κ3) is 7.49. The molecule has 0 aliphatic carbocycles. The fourth-order valence-electron chi connectivity index (χ4n) is 6.40. The number of aliphatic hydroxyl groups excluding tert-OH is 1. The molecule has 0 saturated carbocycles. The van der Waals surface area contributed by atoms with Gasteiger partial charge in [0.1, 0.15) is 6.61 Å². The SMILES string of the molecule is COc1cc(CCO)c(-c2cc(OC)c(OCc3ccccc3)cc2CCO[Si](C(C)C)(C(C)C)C(C)C)cc1OC. The first-order chi connectivity index (χ1) is 20.1. The van der Waals surface area contributed by atoms with E-state index in [0.29, 0.717) is 65.7 Å². The van der Waals surface area contributed by atoms with Crippen molar-refractivity contribution in [2.75, 3.05) is 34.5 Å². The van der Waals surface area contributed by atoms with E-state index in [1.807, 2.05) is 48.5 Å². The highest BCUT2D eigenvalue weighted by molar-refractivity contribution is 6.77. The maximum atomic E-state index is 9.93. The minimum absolute atomic E-state index is 0.0155. The molecule has 0 heterocycles. The van der Waals surface area contributed by atoms with E-state index >= 15 is 0 Å². The third-order valence-corrected chi connectivity index (χ3v) is 14.5. The molecule has 3 rings (SSSR count). The molecule has 6 nitrogen and oxygen atoms in total. The average Bonchev–Trinajstić information content (AvgIpc) is 2.98. The summed E-state index contributed by atoms with van der Waals surface area (Å²) in [7, 11) is 2.88. The summed E-state index contributed by atoms with van der Waals surface area (Å²) < 4.78 is 30.4. The number of benzene rings is 3. The van der Waals surface area contributed by atoms with Crippen molar-refractivity contribution in [3.05, 3.63) is 71.3 Å². The van der Waals surface area contributed by atoms with E-state index in [1.165, 1.54) is 0 Å². The Morgan fingerprint density at radius 1 is 0.643 bits per heavy atom. The van der Waals surface area contributed by atoms with Crippen LogP contribution in [0.1, 0.15) is 58.2 Å². The predicted octanol–water partition coefficient (Wildman–Crippen LogP) is 8.23. The van der Waals surface area contributed by atoms with Crippen molar-refractivity contribution in [3.63, 3.8) is 0 Å². The van der Waals surface area contributed by atoms with Gasteiger partial charge in [-0.05, 0) is 81.5 Å². The summed E-state index contributed by atoms with van der Waals surface area (Å²) in [6.45, 7) is 14.9. The van der Waals surface area contributed by atoms with Gasteiger partial charge in [0, 0.05) is 13.2 Å². The molecule has 42 heavy (non-hydrogen) atoms. The smallest absolute Gasteiger partial charge is 0.200 e. The quantitative estimate of drug-likeness (QED) is 0.169. The van der Waals surface area contributed by atoms with E-state index in [4.69, 9.17) is 23.4 Å². The normalized spacial score (nSPS) is 11.8. The summed E-state index contributed by atoms with van der Waals surface area (Å²) in [6, 6.07) is 18.2. The number of methoxy groups -OCH3 is 3. The number of rotatable bonds is 16. The van der Waals surface area contributed by atoms with E-state index in [0.717, 1.165) is 27.8 Å². The molecule has 0 atom stereocenters. The van der Waals surface area contributed by atoms with Gasteiger partial charge in [-0.3, -0.25) is 0 Å². The maximum absolute atomic E-state index is 9.93. The molecule has 230 valence electrons. The van der Waals surface area contributed by atoms with E-state index in [9.17, 15) is 5.11 Å². The lowest BCUT2D eigenvalue weighted by Gasteiger charge is -2.42. The van der Waals surface area contributed by atoms with Gasteiger partial charge in [-0.2, -0.15) is 0 Å². The van der Waals surface area contributed by atoms with Gasteiger partial charge < -0.3 is 28.5 Å². The summed E-state index contributed by atoms with van der Waals surface area (Å²) in [5.74, 6) is 2.59. The Morgan fingerprint density at radius 2 is 1.12 bits per heavy atom. The summed E-state index contributed by atoms with van der Waals surface area (Å²) in [6.07, 6.45) is 1.18. The fraction of sp³-hybridized carbons (Fsp3) is 0.486. The van der Waals surface area contributed by atoms with Crippen molar-refractivity contribution in [2.45, 2.75) is 77.6 Å². The van der Waals surface area contributed by atoms with Gasteiger partial charge in [0.05, 0.1) is 21.3 Å². The molecule has 0 unspecified atom stereocenters. The van der Waals surface area contributed by atoms with Crippen molar-refractivity contribution < 1.29 is 28.5 Å². The largest absolute Gasteiger partial charge is 0.493 e. The van der Waals surface area contributed by atoms with Crippen LogP contribution >= 0.6 is 0 Å². The first-order valence-electron chi connectivity index (χ1n) is 15.0. The summed E-state index contributed by atoms with van der Waals surface area (Å²) in [5.41, 5.74) is 6.60. The van der Waals surface area contributed by atoms with Gasteiger partial charge in [-0.15, -0.1) is 0 Å². The summed E-state index contributed by atoms with van der Waals surface area (Å²) in [4.78, 5) is 0. The second kappa shape index (κ2) is 15.5. The molecule has 0 radical (unpaired) electrons. The maximum Gasteiger partial charge on any atom is 0.200 e. The van der Waals surface area contributed by atoms with Gasteiger partial charge >= 0.3 is 0 Å². The zero-order valence-electron chi connectivity index (χ0n) is 27.0. The second-order valence-corrected chi connectivity index (χ2v) is 17.1. The Kier molecular flexibility index (Phi) is 12.3. The lowest BCUT2D eigenvalue weighted by Crippen LogP contribution is -2.48.